The lowest BCUT2D eigenvalue weighted by atomic mass is 10.0. The van der Waals surface area contributed by atoms with Gasteiger partial charge in [0, 0.05) is 6.61 Å². The normalized spacial score (nSPS) is 17.1. The molecule has 4 nitrogen and oxygen atoms in total. The van der Waals surface area contributed by atoms with Crippen LogP contribution in [0.3, 0.4) is 0 Å². The third kappa shape index (κ3) is 3.72. The van der Waals surface area contributed by atoms with E-state index in [0.717, 1.165) is 48.6 Å². The highest BCUT2D eigenvalue weighted by atomic mass is 16.5. The second-order valence-corrected chi connectivity index (χ2v) is 7.66. The molecule has 0 spiro atoms. The Morgan fingerprint density at radius 2 is 2.07 bits per heavy atom. The van der Waals surface area contributed by atoms with Crippen molar-refractivity contribution in [2.75, 3.05) is 13.2 Å². The summed E-state index contributed by atoms with van der Waals surface area (Å²) in [5, 5.41) is 0. The fraction of sp³-hybridized carbons (Fsp3) is 0.435. The molecule has 0 amide bonds. The Balaban J connectivity index is 1.57. The van der Waals surface area contributed by atoms with Crippen LogP contribution in [0.1, 0.15) is 55.7 Å². The van der Waals surface area contributed by atoms with Gasteiger partial charge >= 0.3 is 0 Å². The van der Waals surface area contributed by atoms with Crippen LogP contribution in [-0.4, -0.2) is 22.8 Å². The van der Waals surface area contributed by atoms with Crippen molar-refractivity contribution in [2.45, 2.75) is 52.2 Å². The van der Waals surface area contributed by atoms with Crippen molar-refractivity contribution in [2.24, 2.45) is 0 Å². The first-order valence-corrected chi connectivity index (χ1v) is 9.93. The number of hydrogen-bond acceptors (Lipinski definition) is 3. The van der Waals surface area contributed by atoms with Crippen molar-refractivity contribution in [1.29, 1.82) is 0 Å². The minimum Gasteiger partial charge on any atom is -0.491 e. The van der Waals surface area contributed by atoms with E-state index in [4.69, 9.17) is 14.5 Å². The van der Waals surface area contributed by atoms with Crippen molar-refractivity contribution >= 4 is 11.0 Å². The maximum atomic E-state index is 6.23. The highest BCUT2D eigenvalue weighted by molar-refractivity contribution is 5.76. The van der Waals surface area contributed by atoms with E-state index in [1.807, 2.05) is 6.07 Å². The molecular weight excluding hydrogens is 336 g/mol. The molecule has 0 radical (unpaired) electrons. The van der Waals surface area contributed by atoms with Crippen LogP contribution in [0.25, 0.3) is 11.0 Å². The third-order valence-corrected chi connectivity index (χ3v) is 5.27. The molecule has 0 N–H and O–H groups in total. The number of hydrogen-bond donors (Lipinski definition) is 0. The maximum absolute atomic E-state index is 6.23. The molecule has 0 saturated carbocycles. The van der Waals surface area contributed by atoms with E-state index in [9.17, 15) is 0 Å². The second-order valence-electron chi connectivity index (χ2n) is 7.66. The SMILES string of the molecule is Cc1ccc(C(C)C)c(OCCn2c(C3CCCO3)nc3ccccc32)c1. The first-order chi connectivity index (χ1) is 13.1. The molecule has 1 fully saturated rings. The van der Waals surface area contributed by atoms with Gasteiger partial charge in [-0.2, -0.15) is 0 Å². The highest BCUT2D eigenvalue weighted by Crippen LogP contribution is 2.31. The van der Waals surface area contributed by atoms with E-state index in [-0.39, 0.29) is 6.10 Å². The minimum absolute atomic E-state index is 0.0996. The summed E-state index contributed by atoms with van der Waals surface area (Å²) in [4.78, 5) is 4.86. The van der Waals surface area contributed by atoms with Crippen molar-refractivity contribution in [3.8, 4) is 5.75 Å². The molecule has 1 aliphatic heterocycles. The molecule has 4 heteroatoms. The Morgan fingerprint density at radius 3 is 2.85 bits per heavy atom. The quantitative estimate of drug-likeness (QED) is 0.588. The monoisotopic (exact) mass is 364 g/mol. The van der Waals surface area contributed by atoms with Crippen molar-refractivity contribution in [3.63, 3.8) is 0 Å². The van der Waals surface area contributed by atoms with Crippen LogP contribution in [0.2, 0.25) is 0 Å². The lowest BCUT2D eigenvalue weighted by molar-refractivity contribution is 0.101. The summed E-state index contributed by atoms with van der Waals surface area (Å²) in [7, 11) is 0. The Labute approximate surface area is 161 Å². The molecule has 1 atom stereocenters. The molecule has 1 aromatic heterocycles. The van der Waals surface area contributed by atoms with E-state index in [1.54, 1.807) is 0 Å². The smallest absolute Gasteiger partial charge is 0.139 e. The molecule has 2 heterocycles. The van der Waals surface area contributed by atoms with Crippen LogP contribution in [0, 0.1) is 6.92 Å². The maximum Gasteiger partial charge on any atom is 0.139 e. The standard InChI is InChI=1S/C23H28N2O2/c1-16(2)18-11-10-17(3)15-22(18)27-14-12-25-20-8-5-4-7-19(20)24-23(25)21-9-6-13-26-21/h4-5,7-8,10-11,15-16,21H,6,9,12-14H2,1-3H3. The average Bonchev–Trinajstić information content (AvgIpc) is 3.29. The summed E-state index contributed by atoms with van der Waals surface area (Å²) in [6.07, 6.45) is 2.24. The van der Waals surface area contributed by atoms with Gasteiger partial charge in [-0.3, -0.25) is 0 Å². The fourth-order valence-electron chi connectivity index (χ4n) is 3.85. The van der Waals surface area contributed by atoms with Crippen LogP contribution in [0.5, 0.6) is 5.75 Å². The first kappa shape index (κ1) is 18.1. The number of ether oxygens (including phenoxy) is 2. The summed E-state index contributed by atoms with van der Waals surface area (Å²) >= 11 is 0. The molecule has 1 unspecified atom stereocenters. The number of benzene rings is 2. The highest BCUT2D eigenvalue weighted by Gasteiger charge is 2.24. The zero-order valence-electron chi connectivity index (χ0n) is 16.4. The Morgan fingerprint density at radius 1 is 1.22 bits per heavy atom. The van der Waals surface area contributed by atoms with Gasteiger partial charge in [0.2, 0.25) is 0 Å². The average molecular weight is 364 g/mol. The third-order valence-electron chi connectivity index (χ3n) is 5.27. The summed E-state index contributed by atoms with van der Waals surface area (Å²) in [6.45, 7) is 8.72. The summed E-state index contributed by atoms with van der Waals surface area (Å²) < 4.78 is 14.4. The van der Waals surface area contributed by atoms with Crippen molar-refractivity contribution in [1.82, 2.24) is 9.55 Å². The minimum atomic E-state index is 0.0996. The zero-order valence-corrected chi connectivity index (χ0v) is 16.4. The van der Waals surface area contributed by atoms with Gasteiger partial charge < -0.3 is 14.0 Å². The predicted molar refractivity (Wildman–Crippen MR) is 108 cm³/mol. The molecule has 3 aromatic rings. The van der Waals surface area contributed by atoms with E-state index >= 15 is 0 Å². The van der Waals surface area contributed by atoms with Gasteiger partial charge in [-0.25, -0.2) is 4.98 Å². The molecule has 1 saturated heterocycles. The van der Waals surface area contributed by atoms with E-state index in [1.165, 1.54) is 11.1 Å². The van der Waals surface area contributed by atoms with Gasteiger partial charge in [0.05, 0.1) is 17.6 Å². The number of imidazole rings is 1. The van der Waals surface area contributed by atoms with Crippen molar-refractivity contribution in [3.05, 3.63) is 59.4 Å². The van der Waals surface area contributed by atoms with Gasteiger partial charge in [0.1, 0.15) is 24.3 Å². The Kier molecular flexibility index (Phi) is 5.17. The topological polar surface area (TPSA) is 36.3 Å². The van der Waals surface area contributed by atoms with E-state index in [0.29, 0.717) is 12.5 Å². The number of aryl methyl sites for hydroxylation is 1. The summed E-state index contributed by atoms with van der Waals surface area (Å²) in [6, 6.07) is 14.8. The Hall–Kier alpha value is -2.33. The Bertz CT molecular complexity index is 923. The molecular formula is C23H28N2O2. The largest absolute Gasteiger partial charge is 0.491 e. The number of nitrogens with zero attached hydrogens (tertiary/aromatic N) is 2. The van der Waals surface area contributed by atoms with Crippen LogP contribution < -0.4 is 4.74 Å². The molecule has 142 valence electrons. The lowest BCUT2D eigenvalue weighted by Gasteiger charge is -2.17. The lowest BCUT2D eigenvalue weighted by Crippen LogP contribution is -2.14. The van der Waals surface area contributed by atoms with Crippen LogP contribution in [0.15, 0.2) is 42.5 Å². The summed E-state index contributed by atoms with van der Waals surface area (Å²) in [5.74, 6) is 2.47. The van der Waals surface area contributed by atoms with E-state index in [2.05, 4.69) is 61.7 Å². The van der Waals surface area contributed by atoms with Gasteiger partial charge in [0.25, 0.3) is 0 Å². The molecule has 27 heavy (non-hydrogen) atoms. The van der Waals surface area contributed by atoms with Gasteiger partial charge in [0.15, 0.2) is 0 Å². The molecule has 0 aliphatic carbocycles. The number of fused-ring (bicyclic) bond motifs is 1. The van der Waals surface area contributed by atoms with Crippen molar-refractivity contribution < 1.29 is 9.47 Å². The molecule has 0 bridgehead atoms. The fourth-order valence-corrected chi connectivity index (χ4v) is 3.85. The van der Waals surface area contributed by atoms with Gasteiger partial charge in [-0.15, -0.1) is 0 Å². The second kappa shape index (κ2) is 7.73. The van der Waals surface area contributed by atoms with Crippen LogP contribution in [0.4, 0.5) is 0 Å². The van der Waals surface area contributed by atoms with Gasteiger partial charge in [-0.05, 0) is 55.0 Å². The van der Waals surface area contributed by atoms with E-state index < -0.39 is 0 Å². The van der Waals surface area contributed by atoms with Gasteiger partial charge in [-0.1, -0.05) is 38.1 Å². The molecule has 2 aromatic carbocycles. The molecule has 1 aliphatic rings. The van der Waals surface area contributed by atoms with Crippen LogP contribution in [-0.2, 0) is 11.3 Å². The van der Waals surface area contributed by atoms with Crippen LogP contribution >= 0.6 is 0 Å². The predicted octanol–water partition coefficient (Wildman–Crippen LogP) is 5.40. The number of rotatable bonds is 6. The zero-order chi connectivity index (χ0) is 18.8. The summed E-state index contributed by atoms with van der Waals surface area (Å²) in [5.41, 5.74) is 4.67. The number of aromatic nitrogens is 2. The first-order valence-electron chi connectivity index (χ1n) is 9.93. The number of para-hydroxylation sites is 2. The molecule has 4 rings (SSSR count).